The molecule has 1 nitrogen and oxygen atoms in total. The Morgan fingerprint density at radius 3 is 1.24 bits per heavy atom. The van der Waals surface area contributed by atoms with Crippen molar-refractivity contribution in [3.63, 3.8) is 0 Å². The number of hydrogen-bond donors (Lipinski definition) is 0. The molecule has 0 N–H and O–H groups in total. The summed E-state index contributed by atoms with van der Waals surface area (Å²) in [6.45, 7) is 4.76. The molecular formula is C71H51N. The first-order valence-electron chi connectivity index (χ1n) is 25.1. The van der Waals surface area contributed by atoms with Crippen molar-refractivity contribution in [2.24, 2.45) is 0 Å². The maximum Gasteiger partial charge on any atom is 0.0624 e. The van der Waals surface area contributed by atoms with E-state index in [4.69, 9.17) is 0 Å². The molecule has 72 heavy (non-hydrogen) atoms. The van der Waals surface area contributed by atoms with Crippen LogP contribution >= 0.6 is 0 Å². The quantitative estimate of drug-likeness (QED) is 0.130. The van der Waals surface area contributed by atoms with Gasteiger partial charge in [0, 0.05) is 27.7 Å². The van der Waals surface area contributed by atoms with Crippen molar-refractivity contribution in [1.29, 1.82) is 0 Å². The topological polar surface area (TPSA) is 3.24 Å². The maximum atomic E-state index is 2.55. The minimum absolute atomic E-state index is 0.186. The molecule has 0 heterocycles. The molecule has 0 radical (unpaired) electrons. The summed E-state index contributed by atoms with van der Waals surface area (Å²) >= 11 is 0. The lowest BCUT2D eigenvalue weighted by molar-refractivity contribution is 0.660. The monoisotopic (exact) mass is 917 g/mol. The summed E-state index contributed by atoms with van der Waals surface area (Å²) in [4.78, 5) is 2.55. The van der Waals surface area contributed by atoms with Crippen LogP contribution in [0.25, 0.3) is 99.4 Å². The highest BCUT2D eigenvalue weighted by Gasteiger charge is 2.36. The smallest absolute Gasteiger partial charge is 0.0624 e. The van der Waals surface area contributed by atoms with Crippen LogP contribution < -0.4 is 4.90 Å². The lowest BCUT2D eigenvalue weighted by Crippen LogP contribution is -2.17. The molecule has 0 atom stereocenters. The van der Waals surface area contributed by atoms with Crippen molar-refractivity contribution in [2.45, 2.75) is 19.3 Å². The van der Waals surface area contributed by atoms with Gasteiger partial charge in [-0.15, -0.1) is 0 Å². The van der Waals surface area contributed by atoms with Crippen LogP contribution in [0.3, 0.4) is 0 Å². The van der Waals surface area contributed by atoms with Crippen molar-refractivity contribution in [3.8, 4) is 77.9 Å². The third-order valence-electron chi connectivity index (χ3n) is 15.0. The standard InChI is InChI=1S/C71H51N/c1-71(2)67-35-17-16-32-63(67)64-41-40-60(47-68(64)71)72(59-38-36-51(37-39-59)58-45-56(49-22-8-4-9-23-49)44-57(46-58)50-24-10-5-11-25-50)70-66-34-15-13-31-62(66)61-30-12-14-33-65(61)69(70)55-29-19-28-54(43-55)53-27-18-26-52(42-53)48-20-6-3-7-21-48/h3-47H,1-2H3. The van der Waals surface area contributed by atoms with Gasteiger partial charge in [-0.3, -0.25) is 0 Å². The molecule has 0 spiro atoms. The molecule has 0 bridgehead atoms. The van der Waals surface area contributed by atoms with Gasteiger partial charge < -0.3 is 4.90 Å². The van der Waals surface area contributed by atoms with Crippen LogP contribution in [0.2, 0.25) is 0 Å². The van der Waals surface area contributed by atoms with E-state index in [1.54, 1.807) is 0 Å². The zero-order valence-electron chi connectivity index (χ0n) is 40.4. The second kappa shape index (κ2) is 17.7. The highest BCUT2D eigenvalue weighted by atomic mass is 15.1. The first kappa shape index (κ1) is 43.0. The zero-order chi connectivity index (χ0) is 48.2. The summed E-state index contributed by atoms with van der Waals surface area (Å²) in [5.74, 6) is 0. The highest BCUT2D eigenvalue weighted by molar-refractivity contribution is 6.22. The van der Waals surface area contributed by atoms with Gasteiger partial charge in [-0.2, -0.15) is 0 Å². The first-order valence-corrected chi connectivity index (χ1v) is 25.1. The van der Waals surface area contributed by atoms with Crippen LogP contribution in [-0.2, 0) is 5.41 Å². The summed E-state index contributed by atoms with van der Waals surface area (Å²) in [5.41, 5.74) is 22.7. The molecule has 12 aromatic rings. The second-order valence-corrected chi connectivity index (χ2v) is 19.7. The van der Waals surface area contributed by atoms with Crippen molar-refractivity contribution < 1.29 is 0 Å². The molecular weight excluding hydrogens is 867 g/mol. The van der Waals surface area contributed by atoms with E-state index in [1.165, 1.54) is 99.4 Å². The van der Waals surface area contributed by atoms with Crippen LogP contribution in [0.4, 0.5) is 17.1 Å². The van der Waals surface area contributed by atoms with Crippen molar-refractivity contribution in [1.82, 2.24) is 0 Å². The van der Waals surface area contributed by atoms with Crippen LogP contribution in [0.1, 0.15) is 25.0 Å². The van der Waals surface area contributed by atoms with E-state index in [2.05, 4.69) is 292 Å². The van der Waals surface area contributed by atoms with Crippen molar-refractivity contribution in [3.05, 3.63) is 284 Å². The average Bonchev–Trinajstić information content (AvgIpc) is 3.69. The molecule has 1 aliphatic carbocycles. The van der Waals surface area contributed by atoms with Gasteiger partial charge in [0.05, 0.1) is 5.69 Å². The van der Waals surface area contributed by atoms with Gasteiger partial charge in [0.2, 0.25) is 0 Å². The number of anilines is 3. The lowest BCUT2D eigenvalue weighted by Gasteiger charge is -2.32. The Bertz CT molecular complexity index is 3920. The SMILES string of the molecule is CC1(C)c2ccccc2-c2ccc(N(c3ccc(-c4cc(-c5ccccc5)cc(-c5ccccc5)c4)cc3)c3c(-c4cccc(-c5cccc(-c6ccccc6)c5)c4)c4ccccc4c4ccccc34)cc21. The molecule has 1 aliphatic rings. The molecule has 0 saturated heterocycles. The molecule has 1 heteroatoms. The van der Waals surface area contributed by atoms with Gasteiger partial charge in [0.25, 0.3) is 0 Å². The van der Waals surface area contributed by atoms with E-state index >= 15 is 0 Å². The largest absolute Gasteiger partial charge is 0.309 e. The Hall–Kier alpha value is -9.04. The van der Waals surface area contributed by atoms with E-state index in [1.807, 2.05) is 0 Å². The minimum Gasteiger partial charge on any atom is -0.309 e. The van der Waals surface area contributed by atoms with Crippen LogP contribution in [0.5, 0.6) is 0 Å². The fourth-order valence-corrected chi connectivity index (χ4v) is 11.4. The fraction of sp³-hybridized carbons (Fsp3) is 0.0423. The number of rotatable bonds is 9. The van der Waals surface area contributed by atoms with E-state index in [-0.39, 0.29) is 5.41 Å². The molecule has 0 amide bonds. The summed E-state index contributed by atoms with van der Waals surface area (Å²) in [7, 11) is 0. The number of hydrogen-bond acceptors (Lipinski definition) is 1. The predicted octanol–water partition coefficient (Wildman–Crippen LogP) is 19.8. The van der Waals surface area contributed by atoms with Crippen molar-refractivity contribution >= 4 is 38.6 Å². The minimum atomic E-state index is -0.186. The lowest BCUT2D eigenvalue weighted by atomic mass is 9.82. The van der Waals surface area contributed by atoms with Gasteiger partial charge in [0.1, 0.15) is 0 Å². The molecule has 0 unspecified atom stereocenters. The molecule has 0 fully saturated rings. The normalized spacial score (nSPS) is 12.4. The van der Waals surface area contributed by atoms with Crippen molar-refractivity contribution in [2.75, 3.05) is 4.90 Å². The van der Waals surface area contributed by atoms with E-state index in [0.29, 0.717) is 0 Å². The van der Waals surface area contributed by atoms with Gasteiger partial charge in [0.15, 0.2) is 0 Å². The first-order chi connectivity index (χ1) is 35.5. The highest BCUT2D eigenvalue weighted by Crippen LogP contribution is 2.54. The summed E-state index contributed by atoms with van der Waals surface area (Å²) in [6.07, 6.45) is 0. The van der Waals surface area contributed by atoms with Crippen LogP contribution in [0, 0.1) is 0 Å². The van der Waals surface area contributed by atoms with E-state index in [0.717, 1.165) is 28.2 Å². The molecule has 0 saturated carbocycles. The summed E-state index contributed by atoms with van der Waals surface area (Å²) in [5, 5.41) is 4.86. The van der Waals surface area contributed by atoms with Crippen LogP contribution in [-0.4, -0.2) is 0 Å². The Morgan fingerprint density at radius 1 is 0.250 bits per heavy atom. The Labute approximate surface area is 422 Å². The third-order valence-corrected chi connectivity index (χ3v) is 15.0. The van der Waals surface area contributed by atoms with Gasteiger partial charge in [-0.05, 0) is 154 Å². The number of fused-ring (bicyclic) bond motifs is 6. The average molecular weight is 918 g/mol. The zero-order valence-corrected chi connectivity index (χ0v) is 40.4. The predicted molar refractivity (Wildman–Crippen MR) is 306 cm³/mol. The summed E-state index contributed by atoms with van der Waals surface area (Å²) < 4.78 is 0. The maximum absolute atomic E-state index is 2.55. The second-order valence-electron chi connectivity index (χ2n) is 19.7. The van der Waals surface area contributed by atoms with Gasteiger partial charge in [-0.1, -0.05) is 232 Å². The number of benzene rings is 12. The van der Waals surface area contributed by atoms with E-state index in [9.17, 15) is 0 Å². The van der Waals surface area contributed by atoms with E-state index < -0.39 is 0 Å². The number of nitrogens with zero attached hydrogens (tertiary/aromatic N) is 1. The Morgan fingerprint density at radius 2 is 0.639 bits per heavy atom. The Kier molecular flexibility index (Phi) is 10.6. The third kappa shape index (κ3) is 7.50. The fourth-order valence-electron chi connectivity index (χ4n) is 11.4. The van der Waals surface area contributed by atoms with Gasteiger partial charge in [-0.25, -0.2) is 0 Å². The molecule has 12 aromatic carbocycles. The Balaban J connectivity index is 1.04. The van der Waals surface area contributed by atoms with Crippen LogP contribution in [0.15, 0.2) is 273 Å². The molecule has 340 valence electrons. The molecule has 13 rings (SSSR count). The molecule has 0 aromatic heterocycles. The molecule has 0 aliphatic heterocycles. The summed E-state index contributed by atoms with van der Waals surface area (Å²) in [6, 6.07) is 101. The van der Waals surface area contributed by atoms with Gasteiger partial charge >= 0.3 is 0 Å².